The maximum Gasteiger partial charge on any atom is 0.410 e. The lowest BCUT2D eigenvalue weighted by atomic mass is 10.2. The van der Waals surface area contributed by atoms with Crippen molar-refractivity contribution in [3.8, 4) is 0 Å². The molecule has 0 aromatic rings. The minimum Gasteiger partial charge on any atom is -0.444 e. The average molecular weight is 294 g/mol. The summed E-state index contributed by atoms with van der Waals surface area (Å²) in [6, 6.07) is 0.166. The van der Waals surface area contributed by atoms with E-state index in [0.29, 0.717) is 6.54 Å². The van der Waals surface area contributed by atoms with E-state index < -0.39 is 5.60 Å². The van der Waals surface area contributed by atoms with E-state index in [4.69, 9.17) is 9.47 Å². The molecule has 16 heavy (non-hydrogen) atoms. The number of rotatable bonds is 2. The first-order chi connectivity index (χ1) is 7.37. The van der Waals surface area contributed by atoms with Crippen LogP contribution >= 0.6 is 15.9 Å². The number of amides is 1. The topological polar surface area (TPSA) is 38.8 Å². The molecular formula is C11H20BrNO3. The lowest BCUT2D eigenvalue weighted by Gasteiger charge is -2.27. The molecule has 5 heteroatoms. The van der Waals surface area contributed by atoms with Crippen molar-refractivity contribution < 1.29 is 14.3 Å². The molecule has 1 aliphatic heterocycles. The maximum atomic E-state index is 11.9. The van der Waals surface area contributed by atoms with Crippen molar-refractivity contribution in [2.45, 2.75) is 44.9 Å². The quantitative estimate of drug-likeness (QED) is 0.734. The highest BCUT2D eigenvalue weighted by Crippen LogP contribution is 2.23. The van der Waals surface area contributed by atoms with Crippen molar-refractivity contribution in [2.24, 2.45) is 0 Å². The standard InChI is InChI=1S/C11H20BrNO3/c1-11(2,3)16-10(14)13-7-9(15-4)5-8(13)6-12/h8-9H,5-7H2,1-4H3/t8-,9-/m0/s1. The fraction of sp³-hybridized carbons (Fsp3) is 0.909. The lowest BCUT2D eigenvalue weighted by molar-refractivity contribution is 0.0210. The number of alkyl halides is 1. The first-order valence-corrected chi connectivity index (χ1v) is 6.58. The van der Waals surface area contributed by atoms with E-state index in [0.717, 1.165) is 11.8 Å². The number of likely N-dealkylation sites (tertiary alicyclic amines) is 1. The maximum absolute atomic E-state index is 11.9. The van der Waals surface area contributed by atoms with Gasteiger partial charge in [0.25, 0.3) is 0 Å². The fourth-order valence-corrected chi connectivity index (χ4v) is 2.35. The summed E-state index contributed by atoms with van der Waals surface area (Å²) >= 11 is 3.42. The Balaban J connectivity index is 2.61. The van der Waals surface area contributed by atoms with Crippen LogP contribution < -0.4 is 0 Å². The van der Waals surface area contributed by atoms with Crippen molar-refractivity contribution in [3.05, 3.63) is 0 Å². The van der Waals surface area contributed by atoms with Gasteiger partial charge in [0.1, 0.15) is 5.60 Å². The highest BCUT2D eigenvalue weighted by Gasteiger charge is 2.36. The molecule has 0 radical (unpaired) electrons. The van der Waals surface area contributed by atoms with Crippen LogP contribution in [0.3, 0.4) is 0 Å². The molecule has 2 atom stereocenters. The average Bonchev–Trinajstić information content (AvgIpc) is 2.58. The largest absolute Gasteiger partial charge is 0.444 e. The van der Waals surface area contributed by atoms with Crippen LogP contribution in [0.2, 0.25) is 0 Å². The van der Waals surface area contributed by atoms with E-state index >= 15 is 0 Å². The molecule has 0 unspecified atom stereocenters. The van der Waals surface area contributed by atoms with Crippen LogP contribution in [0.5, 0.6) is 0 Å². The zero-order chi connectivity index (χ0) is 12.3. The summed E-state index contributed by atoms with van der Waals surface area (Å²) in [7, 11) is 1.68. The van der Waals surface area contributed by atoms with Gasteiger partial charge >= 0.3 is 6.09 Å². The van der Waals surface area contributed by atoms with Gasteiger partial charge in [0, 0.05) is 18.5 Å². The van der Waals surface area contributed by atoms with Gasteiger partial charge in [0.2, 0.25) is 0 Å². The Morgan fingerprint density at radius 2 is 2.12 bits per heavy atom. The first-order valence-electron chi connectivity index (χ1n) is 5.45. The molecule has 0 saturated carbocycles. The van der Waals surface area contributed by atoms with E-state index in [1.54, 1.807) is 12.0 Å². The number of carbonyl (C=O) groups is 1. The summed E-state index contributed by atoms with van der Waals surface area (Å²) in [5.41, 5.74) is -0.445. The van der Waals surface area contributed by atoms with Crippen LogP contribution in [0.25, 0.3) is 0 Å². The minimum absolute atomic E-state index is 0.120. The van der Waals surface area contributed by atoms with Crippen LogP contribution in [-0.2, 0) is 9.47 Å². The summed E-state index contributed by atoms with van der Waals surface area (Å²) in [6.45, 7) is 6.23. The normalized spacial score (nSPS) is 25.9. The zero-order valence-corrected chi connectivity index (χ0v) is 11.9. The van der Waals surface area contributed by atoms with Crippen LogP contribution in [0, 0.1) is 0 Å². The Labute approximate surface area is 105 Å². The molecule has 1 amide bonds. The Kier molecular flexibility index (Phi) is 4.62. The van der Waals surface area contributed by atoms with E-state index in [2.05, 4.69) is 15.9 Å². The van der Waals surface area contributed by atoms with Crippen LogP contribution in [0.1, 0.15) is 27.2 Å². The van der Waals surface area contributed by atoms with E-state index in [1.807, 2.05) is 20.8 Å². The fourth-order valence-electron chi connectivity index (χ4n) is 1.73. The van der Waals surface area contributed by atoms with Crippen LogP contribution in [0.4, 0.5) is 4.79 Å². The number of carbonyl (C=O) groups excluding carboxylic acids is 1. The molecule has 0 aliphatic carbocycles. The molecule has 1 fully saturated rings. The summed E-state index contributed by atoms with van der Waals surface area (Å²) < 4.78 is 10.6. The van der Waals surface area contributed by atoms with Gasteiger partial charge in [-0.3, -0.25) is 0 Å². The molecule has 1 rings (SSSR count). The Bertz CT molecular complexity index is 252. The molecule has 1 saturated heterocycles. The lowest BCUT2D eigenvalue weighted by Crippen LogP contribution is -2.40. The molecule has 0 aromatic carbocycles. The number of ether oxygens (including phenoxy) is 2. The second-order valence-electron chi connectivity index (χ2n) is 5.03. The number of hydrogen-bond acceptors (Lipinski definition) is 3. The number of halogens is 1. The zero-order valence-electron chi connectivity index (χ0n) is 10.3. The SMILES string of the molecule is CO[C@H]1C[C@@H](CBr)N(C(=O)OC(C)(C)C)C1. The van der Waals surface area contributed by atoms with E-state index in [-0.39, 0.29) is 18.2 Å². The summed E-state index contributed by atoms with van der Waals surface area (Å²) in [5.74, 6) is 0. The Morgan fingerprint density at radius 1 is 1.50 bits per heavy atom. The van der Waals surface area contributed by atoms with Gasteiger partial charge in [-0.2, -0.15) is 0 Å². The van der Waals surface area contributed by atoms with Gasteiger partial charge < -0.3 is 14.4 Å². The van der Waals surface area contributed by atoms with Gasteiger partial charge in [-0.1, -0.05) is 15.9 Å². The van der Waals surface area contributed by atoms with Crippen LogP contribution in [0.15, 0.2) is 0 Å². The predicted molar refractivity (Wildman–Crippen MR) is 65.9 cm³/mol. The monoisotopic (exact) mass is 293 g/mol. The van der Waals surface area contributed by atoms with Crippen molar-refractivity contribution in [2.75, 3.05) is 19.0 Å². The minimum atomic E-state index is -0.445. The third-order valence-electron chi connectivity index (χ3n) is 2.52. The molecule has 0 bridgehead atoms. The van der Waals surface area contributed by atoms with Crippen molar-refractivity contribution in [1.82, 2.24) is 4.90 Å². The van der Waals surface area contributed by atoms with Gasteiger partial charge in [-0.15, -0.1) is 0 Å². The third-order valence-corrected chi connectivity index (χ3v) is 3.26. The first kappa shape index (κ1) is 13.8. The molecule has 4 nitrogen and oxygen atoms in total. The van der Waals surface area contributed by atoms with Gasteiger partial charge in [-0.05, 0) is 27.2 Å². The molecule has 0 aromatic heterocycles. The number of methoxy groups -OCH3 is 1. The van der Waals surface area contributed by atoms with Gasteiger partial charge in [0.15, 0.2) is 0 Å². The van der Waals surface area contributed by atoms with Crippen LogP contribution in [-0.4, -0.2) is 47.7 Å². The van der Waals surface area contributed by atoms with E-state index in [9.17, 15) is 4.79 Å². The van der Waals surface area contributed by atoms with Crippen molar-refractivity contribution in [3.63, 3.8) is 0 Å². The summed E-state index contributed by atoms with van der Waals surface area (Å²) in [6.07, 6.45) is 0.729. The predicted octanol–water partition coefficient (Wildman–Crippen LogP) is 2.41. The third kappa shape index (κ3) is 3.63. The summed E-state index contributed by atoms with van der Waals surface area (Å²) in [4.78, 5) is 13.7. The second kappa shape index (κ2) is 5.36. The molecule has 1 heterocycles. The molecule has 0 spiro atoms. The molecule has 0 N–H and O–H groups in total. The molecular weight excluding hydrogens is 274 g/mol. The summed E-state index contributed by atoms with van der Waals surface area (Å²) in [5, 5.41) is 0.756. The highest BCUT2D eigenvalue weighted by atomic mass is 79.9. The molecule has 1 aliphatic rings. The highest BCUT2D eigenvalue weighted by molar-refractivity contribution is 9.09. The van der Waals surface area contributed by atoms with E-state index in [1.165, 1.54) is 0 Å². The smallest absolute Gasteiger partial charge is 0.410 e. The number of nitrogens with zero attached hydrogens (tertiary/aromatic N) is 1. The van der Waals surface area contributed by atoms with Gasteiger partial charge in [0.05, 0.1) is 12.6 Å². The van der Waals surface area contributed by atoms with Crippen molar-refractivity contribution >= 4 is 22.0 Å². The molecule has 94 valence electrons. The van der Waals surface area contributed by atoms with Crippen molar-refractivity contribution in [1.29, 1.82) is 0 Å². The Hall–Kier alpha value is -0.290. The Morgan fingerprint density at radius 3 is 2.56 bits per heavy atom. The second-order valence-corrected chi connectivity index (χ2v) is 5.68. The van der Waals surface area contributed by atoms with Gasteiger partial charge in [-0.25, -0.2) is 4.79 Å². The number of hydrogen-bond donors (Lipinski definition) is 0.